The van der Waals surface area contributed by atoms with Crippen LogP contribution in [0.15, 0.2) is 54.3 Å². The molecule has 31 heavy (non-hydrogen) atoms. The van der Waals surface area contributed by atoms with Gasteiger partial charge < -0.3 is 14.6 Å². The Morgan fingerprint density at radius 3 is 2.45 bits per heavy atom. The van der Waals surface area contributed by atoms with E-state index in [4.69, 9.17) is 9.47 Å². The first-order valence-electron chi connectivity index (χ1n) is 11.9. The molecule has 0 aliphatic heterocycles. The van der Waals surface area contributed by atoms with Crippen molar-refractivity contribution in [2.45, 2.75) is 65.8 Å². The third-order valence-corrected chi connectivity index (χ3v) is 9.64. The third kappa shape index (κ3) is 2.60. The van der Waals surface area contributed by atoms with Crippen LogP contribution in [0.25, 0.3) is 0 Å². The molecule has 0 amide bonds. The molecule has 0 aromatic heterocycles. The maximum absolute atomic E-state index is 12.8. The zero-order valence-electron chi connectivity index (χ0n) is 19.9. The number of aliphatic hydroxyl groups is 1. The van der Waals surface area contributed by atoms with Crippen LogP contribution in [0.3, 0.4) is 0 Å². The second kappa shape index (κ2) is 6.71. The summed E-state index contributed by atoms with van der Waals surface area (Å²) in [5.41, 5.74) is -0.342. The van der Waals surface area contributed by atoms with E-state index in [1.54, 1.807) is 7.11 Å². The highest BCUT2D eigenvalue weighted by Crippen LogP contribution is 2.74. The molecule has 0 spiro atoms. The predicted molar refractivity (Wildman–Crippen MR) is 123 cm³/mol. The van der Waals surface area contributed by atoms with E-state index in [1.807, 2.05) is 6.07 Å². The Labute approximate surface area is 187 Å². The topological polar surface area (TPSA) is 38.7 Å². The lowest BCUT2D eigenvalue weighted by molar-refractivity contribution is -0.181. The number of fused-ring (bicyclic) bond motifs is 5. The fourth-order valence-corrected chi connectivity index (χ4v) is 8.22. The number of rotatable bonds is 4. The van der Waals surface area contributed by atoms with Crippen LogP contribution in [-0.2, 0) is 16.1 Å². The van der Waals surface area contributed by atoms with Crippen molar-refractivity contribution in [1.29, 1.82) is 0 Å². The highest BCUT2D eigenvalue weighted by molar-refractivity contribution is 5.41. The van der Waals surface area contributed by atoms with Crippen LogP contribution in [0, 0.1) is 39.9 Å². The Kier molecular flexibility index (Phi) is 4.61. The molecule has 2 fully saturated rings. The Balaban J connectivity index is 1.53. The number of allylic oxidation sites excluding steroid dienone is 2. The van der Waals surface area contributed by atoms with Gasteiger partial charge in [-0.25, -0.2) is 0 Å². The predicted octanol–water partition coefficient (Wildman–Crippen LogP) is 5.75. The van der Waals surface area contributed by atoms with Gasteiger partial charge in [0.1, 0.15) is 5.76 Å². The maximum Gasteiger partial charge on any atom is 0.101 e. The average Bonchev–Trinajstić information content (AvgIpc) is 3.26. The summed E-state index contributed by atoms with van der Waals surface area (Å²) in [6, 6.07) is 10.4. The molecule has 0 heterocycles. The van der Waals surface area contributed by atoms with Crippen LogP contribution in [0.5, 0.6) is 0 Å². The highest BCUT2D eigenvalue weighted by atomic mass is 16.5. The fourth-order valence-electron chi connectivity index (χ4n) is 8.22. The van der Waals surface area contributed by atoms with E-state index in [-0.39, 0.29) is 28.8 Å². The Morgan fingerprint density at radius 2 is 1.77 bits per heavy atom. The number of methoxy groups -OCH3 is 1. The first-order valence-corrected chi connectivity index (χ1v) is 11.9. The van der Waals surface area contributed by atoms with Crippen molar-refractivity contribution in [3.63, 3.8) is 0 Å². The summed E-state index contributed by atoms with van der Waals surface area (Å²) in [5, 5.41) is 12.8. The molecule has 0 unspecified atom stereocenters. The van der Waals surface area contributed by atoms with Gasteiger partial charge in [0.25, 0.3) is 0 Å². The zero-order chi connectivity index (χ0) is 22.2. The molecule has 2 saturated carbocycles. The quantitative estimate of drug-likeness (QED) is 0.628. The van der Waals surface area contributed by atoms with Crippen molar-refractivity contribution in [3.05, 3.63) is 59.9 Å². The number of ether oxygens (including phenoxy) is 2. The van der Waals surface area contributed by atoms with Gasteiger partial charge in [-0.3, -0.25) is 0 Å². The standard InChI is InChI=1S/C28H38O3/c1-18-14-21-20(24(18)31-17-19-10-8-7-9-11-19)16-27(5)23(30-6)15-22-25(2,3)12-13-26(22,4)28(21,27)29/h7-13,15,18,20-22,24,29H,14,16-17H2,1-6H3/t18-,20+,21+,22+,24+,26-,27-,28-/m1/s1. The smallest absolute Gasteiger partial charge is 0.101 e. The van der Waals surface area contributed by atoms with Crippen LogP contribution in [0.1, 0.15) is 53.0 Å². The molecule has 5 rings (SSSR count). The highest BCUT2D eigenvalue weighted by Gasteiger charge is 2.76. The second-order valence-corrected chi connectivity index (χ2v) is 11.7. The lowest BCUT2D eigenvalue weighted by atomic mass is 9.49. The molecule has 1 aromatic rings. The molecular weight excluding hydrogens is 384 g/mol. The van der Waals surface area contributed by atoms with Gasteiger partial charge in [-0.15, -0.1) is 0 Å². The molecule has 3 nitrogen and oxygen atoms in total. The van der Waals surface area contributed by atoms with Crippen LogP contribution in [0.2, 0.25) is 0 Å². The molecule has 3 heteroatoms. The van der Waals surface area contributed by atoms with Gasteiger partial charge >= 0.3 is 0 Å². The van der Waals surface area contributed by atoms with E-state index in [0.717, 1.165) is 18.6 Å². The number of hydrogen-bond donors (Lipinski definition) is 1. The minimum absolute atomic E-state index is 0.00110. The van der Waals surface area contributed by atoms with Crippen molar-refractivity contribution in [3.8, 4) is 0 Å². The normalized spacial score (nSPS) is 46.9. The molecule has 1 aromatic carbocycles. The Morgan fingerprint density at radius 1 is 1.06 bits per heavy atom. The Bertz CT molecular complexity index is 917. The van der Waals surface area contributed by atoms with E-state index in [0.29, 0.717) is 18.4 Å². The van der Waals surface area contributed by atoms with Crippen molar-refractivity contribution in [1.82, 2.24) is 0 Å². The lowest BCUT2D eigenvalue weighted by Crippen LogP contribution is -2.63. The summed E-state index contributed by atoms with van der Waals surface area (Å²) in [4.78, 5) is 0. The van der Waals surface area contributed by atoms with Crippen molar-refractivity contribution in [2.24, 2.45) is 39.9 Å². The monoisotopic (exact) mass is 422 g/mol. The summed E-state index contributed by atoms with van der Waals surface area (Å²) in [6.45, 7) is 12.0. The SMILES string of the molecule is COC1=C[C@H]2C(C)(C)C=C[C@@]2(C)[C@]2(O)[C@H]3C[C@@H](C)[C@H](OCc4ccccc4)[C@H]3C[C@]12C. The summed E-state index contributed by atoms with van der Waals surface area (Å²) in [7, 11) is 1.77. The first kappa shape index (κ1) is 21.3. The Hall–Kier alpha value is -1.58. The van der Waals surface area contributed by atoms with Gasteiger partial charge in [0.05, 0.1) is 30.8 Å². The van der Waals surface area contributed by atoms with E-state index < -0.39 is 11.0 Å². The average molecular weight is 423 g/mol. The molecule has 8 atom stereocenters. The van der Waals surface area contributed by atoms with Crippen LogP contribution in [0.4, 0.5) is 0 Å². The van der Waals surface area contributed by atoms with E-state index in [1.165, 1.54) is 5.56 Å². The molecule has 1 N–H and O–H groups in total. The van der Waals surface area contributed by atoms with Gasteiger partial charge in [-0.2, -0.15) is 0 Å². The molecule has 0 bridgehead atoms. The molecule has 168 valence electrons. The second-order valence-electron chi connectivity index (χ2n) is 11.7. The van der Waals surface area contributed by atoms with Crippen molar-refractivity contribution in [2.75, 3.05) is 7.11 Å². The number of benzene rings is 1. The molecule has 4 aliphatic rings. The maximum atomic E-state index is 12.8. The third-order valence-electron chi connectivity index (χ3n) is 9.64. The first-order chi connectivity index (χ1) is 14.6. The summed E-state index contributed by atoms with van der Waals surface area (Å²) < 4.78 is 12.6. The van der Waals surface area contributed by atoms with Crippen molar-refractivity contribution >= 4 is 0 Å². The lowest BCUT2D eigenvalue weighted by Gasteiger charge is -2.59. The van der Waals surface area contributed by atoms with Crippen LogP contribution < -0.4 is 0 Å². The van der Waals surface area contributed by atoms with Gasteiger partial charge in [0, 0.05) is 11.3 Å². The van der Waals surface area contributed by atoms with Gasteiger partial charge in [0.15, 0.2) is 0 Å². The molecule has 0 saturated heterocycles. The summed E-state index contributed by atoms with van der Waals surface area (Å²) in [5.74, 6) is 2.17. The van der Waals surface area contributed by atoms with Crippen LogP contribution in [-0.4, -0.2) is 23.9 Å². The fraction of sp³-hybridized carbons (Fsp3) is 0.643. The molecule has 4 aliphatic carbocycles. The van der Waals surface area contributed by atoms with Crippen LogP contribution >= 0.6 is 0 Å². The van der Waals surface area contributed by atoms with Gasteiger partial charge in [-0.1, -0.05) is 70.2 Å². The minimum Gasteiger partial charge on any atom is -0.501 e. The summed E-state index contributed by atoms with van der Waals surface area (Å²) in [6.07, 6.45) is 9.05. The summed E-state index contributed by atoms with van der Waals surface area (Å²) >= 11 is 0. The zero-order valence-corrected chi connectivity index (χ0v) is 19.9. The largest absolute Gasteiger partial charge is 0.501 e. The minimum atomic E-state index is -0.848. The molecular formula is C28H38O3. The van der Waals surface area contributed by atoms with E-state index in [2.05, 4.69) is 77.1 Å². The van der Waals surface area contributed by atoms with Crippen molar-refractivity contribution < 1.29 is 14.6 Å². The number of hydrogen-bond acceptors (Lipinski definition) is 3. The molecule has 0 radical (unpaired) electrons. The van der Waals surface area contributed by atoms with E-state index in [9.17, 15) is 5.11 Å². The van der Waals surface area contributed by atoms with Gasteiger partial charge in [-0.05, 0) is 54.6 Å². The van der Waals surface area contributed by atoms with Gasteiger partial charge in [0.2, 0.25) is 0 Å². The van der Waals surface area contributed by atoms with E-state index >= 15 is 0 Å².